The average Bonchev–Trinajstić information content (AvgIpc) is 3.25. The molecule has 0 unspecified atom stereocenters. The molecular formula is C15H16N6OS. The Balaban J connectivity index is 1.43. The molecule has 7 nitrogen and oxygen atoms in total. The van der Waals surface area contributed by atoms with E-state index in [4.69, 9.17) is 0 Å². The van der Waals surface area contributed by atoms with Crippen LogP contribution in [0.2, 0.25) is 0 Å². The maximum atomic E-state index is 11.8. The fourth-order valence-electron chi connectivity index (χ4n) is 2.06. The Morgan fingerprint density at radius 1 is 1.30 bits per heavy atom. The van der Waals surface area contributed by atoms with Crippen molar-refractivity contribution in [1.82, 2.24) is 30.5 Å². The maximum absolute atomic E-state index is 11.8. The number of rotatable bonds is 7. The molecule has 8 heteroatoms. The van der Waals surface area contributed by atoms with Crippen molar-refractivity contribution in [2.24, 2.45) is 0 Å². The Bertz CT molecular complexity index is 740. The van der Waals surface area contributed by atoms with Gasteiger partial charge in [0.1, 0.15) is 10.7 Å². The third-order valence-electron chi connectivity index (χ3n) is 3.22. The SMILES string of the molecule is O=C(CCCc1cn[nH]c1)NCc1csc(-c2cnccn2)n1. The van der Waals surface area contributed by atoms with E-state index >= 15 is 0 Å². The molecule has 0 saturated heterocycles. The van der Waals surface area contributed by atoms with E-state index in [1.54, 1.807) is 24.8 Å². The summed E-state index contributed by atoms with van der Waals surface area (Å²) in [5.74, 6) is 0.0301. The minimum absolute atomic E-state index is 0.0301. The molecule has 0 aliphatic rings. The minimum atomic E-state index is 0.0301. The van der Waals surface area contributed by atoms with E-state index in [2.05, 4.69) is 30.5 Å². The number of H-pyrrole nitrogens is 1. The molecule has 0 aliphatic carbocycles. The number of aromatic nitrogens is 5. The van der Waals surface area contributed by atoms with Gasteiger partial charge < -0.3 is 5.32 Å². The number of carbonyl (C=O) groups excluding carboxylic acids is 1. The van der Waals surface area contributed by atoms with Crippen molar-refractivity contribution in [3.8, 4) is 10.7 Å². The van der Waals surface area contributed by atoms with E-state index in [0.29, 0.717) is 13.0 Å². The Morgan fingerprint density at radius 3 is 3.04 bits per heavy atom. The molecule has 3 heterocycles. The topological polar surface area (TPSA) is 96.5 Å². The van der Waals surface area contributed by atoms with Crippen LogP contribution in [0.15, 0.2) is 36.4 Å². The summed E-state index contributed by atoms with van der Waals surface area (Å²) in [6.45, 7) is 0.432. The summed E-state index contributed by atoms with van der Waals surface area (Å²) >= 11 is 1.50. The lowest BCUT2D eigenvalue weighted by atomic mass is 10.1. The normalized spacial score (nSPS) is 10.6. The van der Waals surface area contributed by atoms with Gasteiger partial charge in [-0.2, -0.15) is 5.10 Å². The summed E-state index contributed by atoms with van der Waals surface area (Å²) in [7, 11) is 0. The molecular weight excluding hydrogens is 312 g/mol. The highest BCUT2D eigenvalue weighted by Gasteiger charge is 2.07. The van der Waals surface area contributed by atoms with Gasteiger partial charge in [0.05, 0.1) is 24.6 Å². The number of carbonyl (C=O) groups is 1. The van der Waals surface area contributed by atoms with Crippen LogP contribution in [0.5, 0.6) is 0 Å². The first-order valence-electron chi connectivity index (χ1n) is 7.26. The summed E-state index contributed by atoms with van der Waals surface area (Å²) in [5, 5.41) is 12.3. The summed E-state index contributed by atoms with van der Waals surface area (Å²) in [6, 6.07) is 0. The fourth-order valence-corrected chi connectivity index (χ4v) is 2.84. The Hall–Kier alpha value is -2.61. The molecule has 3 aromatic heterocycles. The van der Waals surface area contributed by atoms with Gasteiger partial charge in [-0.25, -0.2) is 4.98 Å². The number of hydrogen-bond acceptors (Lipinski definition) is 6. The van der Waals surface area contributed by atoms with Gasteiger partial charge in [-0.1, -0.05) is 0 Å². The first-order valence-corrected chi connectivity index (χ1v) is 8.14. The van der Waals surface area contributed by atoms with E-state index in [9.17, 15) is 4.79 Å². The van der Waals surface area contributed by atoms with Gasteiger partial charge in [-0.3, -0.25) is 19.9 Å². The molecule has 0 radical (unpaired) electrons. The molecule has 0 saturated carbocycles. The van der Waals surface area contributed by atoms with E-state index in [-0.39, 0.29) is 5.91 Å². The first kappa shape index (κ1) is 15.3. The van der Waals surface area contributed by atoms with Crippen molar-refractivity contribution in [3.05, 3.63) is 47.6 Å². The molecule has 0 aliphatic heterocycles. The van der Waals surface area contributed by atoms with Gasteiger partial charge in [0, 0.05) is 30.4 Å². The van der Waals surface area contributed by atoms with Crippen LogP contribution in [-0.2, 0) is 17.8 Å². The van der Waals surface area contributed by atoms with Crippen LogP contribution in [0, 0.1) is 0 Å². The lowest BCUT2D eigenvalue weighted by Crippen LogP contribution is -2.22. The van der Waals surface area contributed by atoms with Gasteiger partial charge in [-0.15, -0.1) is 11.3 Å². The summed E-state index contributed by atoms with van der Waals surface area (Å²) in [6.07, 6.45) is 10.7. The van der Waals surface area contributed by atoms with E-state index in [1.165, 1.54) is 11.3 Å². The second-order valence-electron chi connectivity index (χ2n) is 4.97. The van der Waals surface area contributed by atoms with Crippen LogP contribution in [0.1, 0.15) is 24.1 Å². The molecule has 3 aromatic rings. The van der Waals surface area contributed by atoms with Gasteiger partial charge in [0.15, 0.2) is 0 Å². The molecule has 3 rings (SSSR count). The fraction of sp³-hybridized carbons (Fsp3) is 0.267. The van der Waals surface area contributed by atoms with Crippen LogP contribution in [0.3, 0.4) is 0 Å². The second kappa shape index (κ2) is 7.59. The molecule has 118 valence electrons. The van der Waals surface area contributed by atoms with E-state index in [0.717, 1.165) is 34.8 Å². The number of aryl methyl sites for hydroxylation is 1. The number of nitrogens with one attached hydrogen (secondary N) is 2. The quantitative estimate of drug-likeness (QED) is 0.691. The van der Waals surface area contributed by atoms with Crippen LogP contribution >= 0.6 is 11.3 Å². The van der Waals surface area contributed by atoms with Crippen LogP contribution in [0.25, 0.3) is 10.7 Å². The monoisotopic (exact) mass is 328 g/mol. The van der Waals surface area contributed by atoms with Crippen molar-refractivity contribution in [1.29, 1.82) is 0 Å². The van der Waals surface area contributed by atoms with Gasteiger partial charge in [0.25, 0.3) is 0 Å². The summed E-state index contributed by atoms with van der Waals surface area (Å²) in [4.78, 5) is 24.5. The zero-order valence-electron chi connectivity index (χ0n) is 12.4. The zero-order chi connectivity index (χ0) is 15.9. The highest BCUT2D eigenvalue weighted by atomic mass is 32.1. The lowest BCUT2D eigenvalue weighted by molar-refractivity contribution is -0.121. The first-order chi connectivity index (χ1) is 11.3. The van der Waals surface area contributed by atoms with Crippen LogP contribution in [-0.4, -0.2) is 31.1 Å². The van der Waals surface area contributed by atoms with Crippen molar-refractivity contribution in [3.63, 3.8) is 0 Å². The molecule has 0 fully saturated rings. The van der Waals surface area contributed by atoms with Gasteiger partial charge in [0.2, 0.25) is 5.91 Å². The van der Waals surface area contributed by atoms with Gasteiger partial charge >= 0.3 is 0 Å². The molecule has 0 atom stereocenters. The van der Waals surface area contributed by atoms with Crippen molar-refractivity contribution < 1.29 is 4.79 Å². The van der Waals surface area contributed by atoms with Gasteiger partial charge in [-0.05, 0) is 18.4 Å². The highest BCUT2D eigenvalue weighted by Crippen LogP contribution is 2.20. The minimum Gasteiger partial charge on any atom is -0.350 e. The number of hydrogen-bond donors (Lipinski definition) is 2. The van der Waals surface area contributed by atoms with E-state index in [1.807, 2.05) is 11.6 Å². The Labute approximate surface area is 137 Å². The Kier molecular flexibility index (Phi) is 5.05. The van der Waals surface area contributed by atoms with Crippen LogP contribution < -0.4 is 5.32 Å². The molecule has 0 bridgehead atoms. The largest absolute Gasteiger partial charge is 0.350 e. The third kappa shape index (κ3) is 4.43. The average molecular weight is 328 g/mol. The standard InChI is InChI=1S/C15H16N6OS/c22-14(3-1-2-11-6-19-20-7-11)18-8-12-10-23-15(21-12)13-9-16-4-5-17-13/h4-7,9-10H,1-3,8H2,(H,18,22)(H,19,20). The number of amides is 1. The third-order valence-corrected chi connectivity index (χ3v) is 4.14. The van der Waals surface area contributed by atoms with Crippen molar-refractivity contribution in [2.45, 2.75) is 25.8 Å². The second-order valence-corrected chi connectivity index (χ2v) is 5.83. The highest BCUT2D eigenvalue weighted by molar-refractivity contribution is 7.13. The van der Waals surface area contributed by atoms with Crippen molar-refractivity contribution >= 4 is 17.2 Å². The Morgan fingerprint density at radius 2 is 2.26 bits per heavy atom. The number of thiazole rings is 1. The summed E-state index contributed by atoms with van der Waals surface area (Å²) in [5.41, 5.74) is 2.69. The molecule has 2 N–H and O–H groups in total. The lowest BCUT2D eigenvalue weighted by Gasteiger charge is -2.02. The molecule has 1 amide bonds. The molecule has 0 spiro atoms. The molecule has 23 heavy (non-hydrogen) atoms. The predicted molar refractivity (Wildman–Crippen MR) is 86.5 cm³/mol. The summed E-state index contributed by atoms with van der Waals surface area (Å²) < 4.78 is 0. The maximum Gasteiger partial charge on any atom is 0.220 e. The zero-order valence-corrected chi connectivity index (χ0v) is 13.2. The number of nitrogens with zero attached hydrogens (tertiary/aromatic N) is 4. The van der Waals surface area contributed by atoms with Crippen molar-refractivity contribution in [2.75, 3.05) is 0 Å². The van der Waals surface area contributed by atoms with Crippen LogP contribution in [0.4, 0.5) is 0 Å². The number of aromatic amines is 1. The smallest absolute Gasteiger partial charge is 0.220 e. The van der Waals surface area contributed by atoms with E-state index < -0.39 is 0 Å². The molecule has 0 aromatic carbocycles. The predicted octanol–water partition coefficient (Wildman–Crippen LogP) is 1.96.